The fourth-order valence-corrected chi connectivity index (χ4v) is 2.76. The monoisotopic (exact) mass is 370 g/mol. The first-order chi connectivity index (χ1) is 12.5. The lowest BCUT2D eigenvalue weighted by atomic mass is 10.1. The highest BCUT2D eigenvalue weighted by atomic mass is 16.5. The number of methoxy groups -OCH3 is 1. The summed E-state index contributed by atoms with van der Waals surface area (Å²) >= 11 is 0. The third-order valence-electron chi connectivity index (χ3n) is 4.27. The fraction of sp³-hybridized carbons (Fsp3) is 0.842. The zero-order chi connectivity index (χ0) is 19.6. The number of esters is 1. The van der Waals surface area contributed by atoms with E-state index in [0.717, 1.165) is 12.8 Å². The van der Waals surface area contributed by atoms with Crippen molar-refractivity contribution in [1.82, 2.24) is 5.32 Å². The Labute approximate surface area is 158 Å². The molecule has 0 aliphatic rings. The number of carbonyl (C=O) groups excluding carboxylic acids is 2. The van der Waals surface area contributed by atoms with Crippen LogP contribution in [0.15, 0.2) is 4.99 Å². The van der Waals surface area contributed by atoms with Crippen LogP contribution in [-0.2, 0) is 14.3 Å². The topological polar surface area (TPSA) is 120 Å². The minimum Gasteiger partial charge on any atom is -0.467 e. The summed E-state index contributed by atoms with van der Waals surface area (Å²) in [6, 6.07) is -0.639. The zero-order valence-corrected chi connectivity index (χ0v) is 16.6. The lowest BCUT2D eigenvalue weighted by Crippen LogP contribution is -2.41. The number of guanidine groups is 1. The van der Waals surface area contributed by atoms with Crippen molar-refractivity contribution < 1.29 is 14.3 Å². The van der Waals surface area contributed by atoms with Gasteiger partial charge in [0.1, 0.15) is 6.04 Å². The Balaban J connectivity index is 3.88. The highest BCUT2D eigenvalue weighted by molar-refractivity contribution is 5.84. The third kappa shape index (κ3) is 14.5. The van der Waals surface area contributed by atoms with Crippen LogP contribution in [0.25, 0.3) is 0 Å². The number of ether oxygens (including phenoxy) is 1. The molecule has 1 amide bonds. The Hall–Kier alpha value is -1.79. The maximum absolute atomic E-state index is 12.0. The molecule has 0 aliphatic carbocycles. The second-order valence-electron chi connectivity index (χ2n) is 6.67. The van der Waals surface area contributed by atoms with Crippen molar-refractivity contribution in [2.24, 2.45) is 16.5 Å². The van der Waals surface area contributed by atoms with Crippen LogP contribution in [0.1, 0.15) is 84.0 Å². The predicted molar refractivity (Wildman–Crippen MR) is 106 cm³/mol. The number of nitrogens with two attached hydrogens (primary N) is 2. The molecule has 0 fully saturated rings. The summed E-state index contributed by atoms with van der Waals surface area (Å²) in [5.41, 5.74) is 10.5. The highest BCUT2D eigenvalue weighted by Crippen LogP contribution is 2.10. The molecule has 0 saturated heterocycles. The number of amides is 1. The Morgan fingerprint density at radius 3 is 2.08 bits per heavy atom. The summed E-state index contributed by atoms with van der Waals surface area (Å²) in [6.07, 6.45) is 12.3. The van der Waals surface area contributed by atoms with Crippen molar-refractivity contribution in [3.8, 4) is 0 Å². The predicted octanol–water partition coefficient (Wildman–Crippen LogP) is 2.62. The van der Waals surface area contributed by atoms with E-state index in [9.17, 15) is 9.59 Å². The Kier molecular flexibility index (Phi) is 15.5. The van der Waals surface area contributed by atoms with Crippen LogP contribution in [0.2, 0.25) is 0 Å². The molecule has 0 aromatic carbocycles. The van der Waals surface area contributed by atoms with Gasteiger partial charge in [-0.15, -0.1) is 0 Å². The molecule has 0 unspecified atom stereocenters. The summed E-state index contributed by atoms with van der Waals surface area (Å²) in [4.78, 5) is 27.7. The second kappa shape index (κ2) is 16.7. The molecular formula is C19H38N4O3. The molecule has 0 heterocycles. The molecule has 0 radical (unpaired) electrons. The van der Waals surface area contributed by atoms with E-state index in [2.05, 4.69) is 17.2 Å². The third-order valence-corrected chi connectivity index (χ3v) is 4.27. The van der Waals surface area contributed by atoms with Gasteiger partial charge in [-0.05, 0) is 19.3 Å². The van der Waals surface area contributed by atoms with Gasteiger partial charge < -0.3 is 21.5 Å². The van der Waals surface area contributed by atoms with Crippen molar-refractivity contribution in [2.45, 2.75) is 90.0 Å². The lowest BCUT2D eigenvalue weighted by Gasteiger charge is -2.16. The fourth-order valence-electron chi connectivity index (χ4n) is 2.76. The van der Waals surface area contributed by atoms with Crippen molar-refractivity contribution in [1.29, 1.82) is 0 Å². The SMILES string of the molecule is CCCCCCCCCCCC(=O)N[C@@H](CCCN=C(N)N)C(=O)OC. The van der Waals surface area contributed by atoms with Gasteiger partial charge in [0, 0.05) is 13.0 Å². The van der Waals surface area contributed by atoms with Gasteiger partial charge in [-0.3, -0.25) is 9.79 Å². The van der Waals surface area contributed by atoms with E-state index in [1.165, 1.54) is 52.1 Å². The molecule has 7 heteroatoms. The highest BCUT2D eigenvalue weighted by Gasteiger charge is 2.20. The summed E-state index contributed by atoms with van der Waals surface area (Å²) in [5, 5.41) is 2.76. The van der Waals surface area contributed by atoms with Crippen LogP contribution < -0.4 is 16.8 Å². The van der Waals surface area contributed by atoms with Crippen molar-refractivity contribution in [3.05, 3.63) is 0 Å². The molecule has 5 N–H and O–H groups in total. The number of nitrogens with one attached hydrogen (secondary N) is 1. The van der Waals surface area contributed by atoms with E-state index >= 15 is 0 Å². The average Bonchev–Trinajstić information content (AvgIpc) is 2.62. The first-order valence-corrected chi connectivity index (χ1v) is 9.93. The van der Waals surface area contributed by atoms with Gasteiger partial charge in [0.05, 0.1) is 7.11 Å². The van der Waals surface area contributed by atoms with Gasteiger partial charge in [0.2, 0.25) is 5.91 Å². The maximum Gasteiger partial charge on any atom is 0.328 e. The molecule has 1 atom stereocenters. The van der Waals surface area contributed by atoms with E-state index in [0.29, 0.717) is 25.8 Å². The molecule has 0 aliphatic heterocycles. The first-order valence-electron chi connectivity index (χ1n) is 9.93. The van der Waals surface area contributed by atoms with Crippen molar-refractivity contribution >= 4 is 17.8 Å². The Morgan fingerprint density at radius 1 is 0.962 bits per heavy atom. The number of nitrogens with zero attached hydrogens (tertiary/aromatic N) is 1. The molecule has 0 spiro atoms. The molecule has 7 nitrogen and oxygen atoms in total. The average molecular weight is 371 g/mol. The van der Waals surface area contributed by atoms with E-state index in [-0.39, 0.29) is 11.9 Å². The Morgan fingerprint density at radius 2 is 1.54 bits per heavy atom. The van der Waals surface area contributed by atoms with E-state index in [1.807, 2.05) is 0 Å². The van der Waals surface area contributed by atoms with Crippen LogP contribution in [0.5, 0.6) is 0 Å². The van der Waals surface area contributed by atoms with Crippen LogP contribution in [-0.4, -0.2) is 37.5 Å². The van der Waals surface area contributed by atoms with Gasteiger partial charge in [-0.25, -0.2) is 4.79 Å². The number of hydrogen-bond acceptors (Lipinski definition) is 4. The van der Waals surface area contributed by atoms with E-state index in [1.54, 1.807) is 0 Å². The molecular weight excluding hydrogens is 332 g/mol. The van der Waals surface area contributed by atoms with E-state index in [4.69, 9.17) is 16.2 Å². The lowest BCUT2D eigenvalue weighted by molar-refractivity contribution is -0.145. The van der Waals surface area contributed by atoms with Crippen LogP contribution >= 0.6 is 0 Å². The minimum atomic E-state index is -0.639. The van der Waals surface area contributed by atoms with Crippen molar-refractivity contribution in [2.75, 3.05) is 13.7 Å². The van der Waals surface area contributed by atoms with Crippen molar-refractivity contribution in [3.63, 3.8) is 0 Å². The molecule has 26 heavy (non-hydrogen) atoms. The standard InChI is InChI=1S/C19H38N4O3/c1-3-4-5-6-7-8-9-10-11-14-17(24)23-16(18(25)26-2)13-12-15-22-19(20)21/h16H,3-15H2,1-2H3,(H,23,24)(H4,20,21,22)/t16-/m0/s1. The molecule has 0 rings (SSSR count). The Bertz CT molecular complexity index is 410. The summed E-state index contributed by atoms with van der Waals surface area (Å²) in [7, 11) is 1.32. The number of aliphatic imine (C=N–C) groups is 1. The normalized spacial score (nSPS) is 11.6. The smallest absolute Gasteiger partial charge is 0.328 e. The first kappa shape index (κ1) is 24.2. The largest absolute Gasteiger partial charge is 0.467 e. The summed E-state index contributed by atoms with van der Waals surface area (Å²) < 4.78 is 4.75. The van der Waals surface area contributed by atoms with Gasteiger partial charge in [0.25, 0.3) is 0 Å². The van der Waals surface area contributed by atoms with Gasteiger partial charge in [-0.2, -0.15) is 0 Å². The number of hydrogen-bond donors (Lipinski definition) is 3. The quantitative estimate of drug-likeness (QED) is 0.167. The summed E-state index contributed by atoms with van der Waals surface area (Å²) in [5.74, 6) is -0.519. The van der Waals surface area contributed by atoms with Crippen LogP contribution in [0.4, 0.5) is 0 Å². The molecule has 152 valence electrons. The molecule has 0 saturated carbocycles. The van der Waals surface area contributed by atoms with Gasteiger partial charge >= 0.3 is 5.97 Å². The molecule has 0 bridgehead atoms. The van der Waals surface area contributed by atoms with Gasteiger partial charge in [0.15, 0.2) is 5.96 Å². The minimum absolute atomic E-state index is 0.0222. The second-order valence-corrected chi connectivity index (χ2v) is 6.67. The number of carbonyl (C=O) groups is 2. The van der Waals surface area contributed by atoms with Gasteiger partial charge in [-0.1, -0.05) is 58.3 Å². The molecule has 0 aromatic rings. The summed E-state index contributed by atoms with van der Waals surface area (Å²) in [6.45, 7) is 2.64. The zero-order valence-electron chi connectivity index (χ0n) is 16.6. The van der Waals surface area contributed by atoms with E-state index < -0.39 is 12.0 Å². The molecule has 0 aromatic heterocycles. The van der Waals surface area contributed by atoms with Crippen LogP contribution in [0.3, 0.4) is 0 Å². The number of rotatable bonds is 16. The maximum atomic E-state index is 12.0. The number of unbranched alkanes of at least 4 members (excludes halogenated alkanes) is 8. The van der Waals surface area contributed by atoms with Crippen LogP contribution in [0, 0.1) is 0 Å².